The average Bonchev–Trinajstić information content (AvgIpc) is 3.08. The second-order valence-corrected chi connectivity index (χ2v) is 5.54. The third kappa shape index (κ3) is 2.81. The summed E-state index contributed by atoms with van der Waals surface area (Å²) in [6.07, 6.45) is 1.55. The largest absolute Gasteiger partial charge is 0.446 e. The molecule has 1 aromatic carbocycles. The number of halogens is 3. The number of nitriles is 1. The summed E-state index contributed by atoms with van der Waals surface area (Å²) in [4.78, 5) is 18.6. The molecule has 5 nitrogen and oxygen atoms in total. The maximum Gasteiger partial charge on any atom is 0.359 e. The Labute approximate surface area is 145 Å². The van der Waals surface area contributed by atoms with Crippen LogP contribution >= 0.6 is 11.6 Å². The number of H-pyrrole nitrogens is 1. The van der Waals surface area contributed by atoms with Gasteiger partial charge in [-0.15, -0.1) is 0 Å². The highest BCUT2D eigenvalue weighted by molar-refractivity contribution is 6.34. The predicted octanol–water partition coefficient (Wildman–Crippen LogP) is 4.15. The first-order chi connectivity index (χ1) is 12.0. The fourth-order valence-corrected chi connectivity index (χ4v) is 2.62. The molecule has 0 saturated heterocycles. The molecular weight excluding hydrogens is 352 g/mol. The van der Waals surface area contributed by atoms with Crippen molar-refractivity contribution in [2.24, 2.45) is 0 Å². The molecule has 0 amide bonds. The van der Waals surface area contributed by atoms with Crippen molar-refractivity contribution in [3.8, 4) is 17.3 Å². The SMILES string of the molecule is Cc1c(F)c(-c2ccc3cc[nH]c3c2F)nc(C(=O)OCC#N)c1Cl. The van der Waals surface area contributed by atoms with E-state index in [1.54, 1.807) is 24.4 Å². The van der Waals surface area contributed by atoms with Crippen molar-refractivity contribution in [2.45, 2.75) is 6.92 Å². The van der Waals surface area contributed by atoms with Gasteiger partial charge in [0.25, 0.3) is 0 Å². The summed E-state index contributed by atoms with van der Waals surface area (Å²) in [7, 11) is 0. The van der Waals surface area contributed by atoms with Gasteiger partial charge in [-0.25, -0.2) is 18.6 Å². The number of aromatic amines is 1. The minimum Gasteiger partial charge on any atom is -0.446 e. The van der Waals surface area contributed by atoms with Crippen LogP contribution in [0.4, 0.5) is 8.78 Å². The van der Waals surface area contributed by atoms with Crippen LogP contribution in [0.25, 0.3) is 22.2 Å². The van der Waals surface area contributed by atoms with Gasteiger partial charge in [0.1, 0.15) is 11.8 Å². The van der Waals surface area contributed by atoms with E-state index < -0.39 is 24.2 Å². The number of nitrogens with zero attached hydrogens (tertiary/aromatic N) is 2. The molecule has 1 N–H and O–H groups in total. The quantitative estimate of drug-likeness (QED) is 0.711. The average molecular weight is 362 g/mol. The zero-order valence-corrected chi connectivity index (χ0v) is 13.6. The minimum absolute atomic E-state index is 0.0680. The lowest BCUT2D eigenvalue weighted by Crippen LogP contribution is -2.12. The zero-order valence-electron chi connectivity index (χ0n) is 12.9. The van der Waals surface area contributed by atoms with Gasteiger partial charge < -0.3 is 9.72 Å². The summed E-state index contributed by atoms with van der Waals surface area (Å²) < 4.78 is 34.0. The van der Waals surface area contributed by atoms with E-state index in [-0.39, 0.29) is 33.1 Å². The van der Waals surface area contributed by atoms with Gasteiger partial charge in [0.2, 0.25) is 0 Å². The first kappa shape index (κ1) is 16.9. The number of ether oxygens (including phenoxy) is 1. The van der Waals surface area contributed by atoms with Crippen LogP contribution in [0.15, 0.2) is 24.4 Å². The number of nitrogens with one attached hydrogen (secondary N) is 1. The number of carbonyl (C=O) groups excluding carboxylic acids is 1. The van der Waals surface area contributed by atoms with Crippen LogP contribution in [-0.2, 0) is 4.74 Å². The third-order valence-corrected chi connectivity index (χ3v) is 4.14. The van der Waals surface area contributed by atoms with Crippen LogP contribution < -0.4 is 0 Å². The molecule has 0 aliphatic heterocycles. The van der Waals surface area contributed by atoms with Crippen LogP contribution in [0.3, 0.4) is 0 Å². The summed E-state index contributed by atoms with van der Waals surface area (Å²) in [5.41, 5.74) is -0.736. The van der Waals surface area contributed by atoms with E-state index in [1.165, 1.54) is 13.0 Å². The molecule has 0 saturated carbocycles. The van der Waals surface area contributed by atoms with Crippen molar-refractivity contribution in [3.63, 3.8) is 0 Å². The highest BCUT2D eigenvalue weighted by Gasteiger charge is 2.24. The normalized spacial score (nSPS) is 10.7. The summed E-state index contributed by atoms with van der Waals surface area (Å²) >= 11 is 5.96. The van der Waals surface area contributed by atoms with Gasteiger partial charge in [-0.3, -0.25) is 0 Å². The van der Waals surface area contributed by atoms with Gasteiger partial charge in [0.05, 0.1) is 10.5 Å². The molecule has 0 fully saturated rings. The summed E-state index contributed by atoms with van der Waals surface area (Å²) in [6, 6.07) is 6.27. The Balaban J connectivity index is 2.21. The molecule has 0 aliphatic rings. The van der Waals surface area contributed by atoms with Crippen molar-refractivity contribution in [3.05, 3.63) is 52.3 Å². The monoisotopic (exact) mass is 361 g/mol. The van der Waals surface area contributed by atoms with Gasteiger partial charge in [-0.05, 0) is 19.1 Å². The molecule has 0 atom stereocenters. The highest BCUT2D eigenvalue weighted by Crippen LogP contribution is 2.33. The standard InChI is InChI=1S/C17H10ClF2N3O2/c1-8-11(18)16(17(24)25-7-5-21)23-15(12(8)19)10-3-2-9-4-6-22-14(9)13(10)20/h2-4,6,22H,7H2,1H3. The lowest BCUT2D eigenvalue weighted by molar-refractivity contribution is 0.0548. The Hall–Kier alpha value is -2.98. The molecule has 0 aliphatic carbocycles. The van der Waals surface area contributed by atoms with Gasteiger partial charge in [-0.2, -0.15) is 5.26 Å². The number of hydrogen-bond donors (Lipinski definition) is 1. The van der Waals surface area contributed by atoms with E-state index in [2.05, 4.69) is 14.7 Å². The maximum atomic E-state index is 14.7. The second-order valence-electron chi connectivity index (χ2n) is 5.17. The van der Waals surface area contributed by atoms with E-state index in [4.69, 9.17) is 16.9 Å². The lowest BCUT2D eigenvalue weighted by Gasteiger charge is -2.12. The molecule has 2 heterocycles. The Morgan fingerprint density at radius 2 is 2.12 bits per heavy atom. The highest BCUT2D eigenvalue weighted by atomic mass is 35.5. The first-order valence-corrected chi connectivity index (χ1v) is 7.49. The van der Waals surface area contributed by atoms with E-state index in [0.29, 0.717) is 5.39 Å². The number of aromatic nitrogens is 2. The Morgan fingerprint density at radius 1 is 1.36 bits per heavy atom. The maximum absolute atomic E-state index is 14.7. The van der Waals surface area contributed by atoms with Crippen LogP contribution in [0, 0.1) is 29.9 Å². The van der Waals surface area contributed by atoms with E-state index in [9.17, 15) is 13.6 Å². The molecule has 0 unspecified atom stereocenters. The molecule has 126 valence electrons. The topological polar surface area (TPSA) is 78.8 Å². The first-order valence-electron chi connectivity index (χ1n) is 7.11. The summed E-state index contributed by atoms with van der Waals surface area (Å²) in [5, 5.41) is 8.85. The van der Waals surface area contributed by atoms with Crippen LogP contribution in [-0.4, -0.2) is 22.5 Å². The van der Waals surface area contributed by atoms with Crippen molar-refractivity contribution in [1.29, 1.82) is 5.26 Å². The smallest absolute Gasteiger partial charge is 0.359 e. The molecule has 0 spiro atoms. The van der Waals surface area contributed by atoms with Crippen molar-refractivity contribution in [2.75, 3.05) is 6.61 Å². The number of benzene rings is 1. The third-order valence-electron chi connectivity index (χ3n) is 3.68. The number of hydrogen-bond acceptors (Lipinski definition) is 4. The minimum atomic E-state index is -0.989. The van der Waals surface area contributed by atoms with Crippen LogP contribution in [0.1, 0.15) is 16.1 Å². The summed E-state index contributed by atoms with van der Waals surface area (Å²) in [6.45, 7) is 0.834. The molecule has 3 aromatic rings. The number of carbonyl (C=O) groups is 1. The molecule has 2 aromatic heterocycles. The Bertz CT molecular complexity index is 1040. The summed E-state index contributed by atoms with van der Waals surface area (Å²) in [5.74, 6) is -2.53. The molecule has 0 radical (unpaired) electrons. The Morgan fingerprint density at radius 3 is 2.84 bits per heavy atom. The number of esters is 1. The van der Waals surface area contributed by atoms with Crippen molar-refractivity contribution in [1.82, 2.24) is 9.97 Å². The van der Waals surface area contributed by atoms with Gasteiger partial charge in [0.15, 0.2) is 23.9 Å². The number of pyridine rings is 1. The molecule has 0 bridgehead atoms. The van der Waals surface area contributed by atoms with Gasteiger partial charge in [-0.1, -0.05) is 17.7 Å². The second kappa shape index (κ2) is 6.49. The number of rotatable bonds is 3. The molecular formula is C17H10ClF2N3O2. The lowest BCUT2D eigenvalue weighted by atomic mass is 10.0. The van der Waals surface area contributed by atoms with E-state index >= 15 is 0 Å². The van der Waals surface area contributed by atoms with E-state index in [0.717, 1.165) is 0 Å². The van der Waals surface area contributed by atoms with Crippen LogP contribution in [0.2, 0.25) is 5.02 Å². The van der Waals surface area contributed by atoms with Crippen molar-refractivity contribution >= 4 is 28.5 Å². The van der Waals surface area contributed by atoms with Crippen LogP contribution in [0.5, 0.6) is 0 Å². The Kier molecular flexibility index (Phi) is 4.38. The zero-order chi connectivity index (χ0) is 18.1. The van der Waals surface area contributed by atoms with Gasteiger partial charge >= 0.3 is 5.97 Å². The number of fused-ring (bicyclic) bond motifs is 1. The van der Waals surface area contributed by atoms with Gasteiger partial charge in [0, 0.05) is 22.7 Å². The molecule has 25 heavy (non-hydrogen) atoms. The fraction of sp³-hybridized carbons (Fsp3) is 0.118. The van der Waals surface area contributed by atoms with Crippen molar-refractivity contribution < 1.29 is 18.3 Å². The molecule has 8 heteroatoms. The molecule has 3 rings (SSSR count). The van der Waals surface area contributed by atoms with E-state index in [1.807, 2.05) is 0 Å². The fourth-order valence-electron chi connectivity index (χ4n) is 2.42. The predicted molar refractivity (Wildman–Crippen MR) is 87.1 cm³/mol.